The molecule has 0 radical (unpaired) electrons. The molecule has 64 valence electrons. The quantitative estimate of drug-likeness (QED) is 0.663. The minimum Gasteiger partial charge on any atom is -0.299 e. The van der Waals surface area contributed by atoms with Crippen molar-refractivity contribution in [3.63, 3.8) is 0 Å². The van der Waals surface area contributed by atoms with Crippen molar-refractivity contribution >= 4 is 45.1 Å². The first-order valence-electron chi connectivity index (χ1n) is 3.41. The van der Waals surface area contributed by atoms with Crippen molar-refractivity contribution in [2.24, 2.45) is 0 Å². The van der Waals surface area contributed by atoms with Crippen LogP contribution in [0.1, 0.15) is 20.8 Å². The van der Waals surface area contributed by atoms with Crippen LogP contribution in [0.25, 0.3) is 0 Å². The molecule has 0 aliphatic rings. The van der Waals surface area contributed by atoms with Crippen molar-refractivity contribution < 1.29 is 4.79 Å². The Labute approximate surface area is 81.7 Å². The van der Waals surface area contributed by atoms with Gasteiger partial charge in [0.1, 0.15) is 9.31 Å². The van der Waals surface area contributed by atoms with Crippen molar-refractivity contribution in [2.75, 3.05) is 5.75 Å². The molecule has 0 aromatic carbocycles. The van der Waals surface area contributed by atoms with Gasteiger partial charge in [-0.3, -0.25) is 4.79 Å². The average Bonchev–Trinajstić information content (AvgIpc) is 1.87. The first-order valence-corrected chi connectivity index (χ1v) is 5.69. The number of thiocarbonyl (C=S) groups is 1. The van der Waals surface area contributed by atoms with Crippen molar-refractivity contribution in [3.8, 4) is 0 Å². The van der Waals surface area contributed by atoms with E-state index in [1.165, 1.54) is 11.8 Å². The zero-order valence-electron chi connectivity index (χ0n) is 6.92. The number of rotatable bonds is 3. The molecule has 0 saturated heterocycles. The predicted molar refractivity (Wildman–Crippen MR) is 58.5 cm³/mol. The molecule has 0 spiro atoms. The molecule has 0 aromatic heterocycles. The van der Waals surface area contributed by atoms with E-state index in [1.807, 2.05) is 6.92 Å². The molecule has 0 fully saturated rings. The molecule has 0 N–H and O–H groups in total. The monoisotopic (exact) mass is 208 g/mol. The van der Waals surface area contributed by atoms with E-state index in [0.717, 1.165) is 9.28 Å². The molecule has 0 heterocycles. The number of thioether (sulfide) groups is 2. The Morgan fingerprint density at radius 1 is 1.64 bits per heavy atom. The zero-order chi connectivity index (χ0) is 8.85. The van der Waals surface area contributed by atoms with E-state index in [4.69, 9.17) is 12.2 Å². The van der Waals surface area contributed by atoms with Gasteiger partial charge in [0.25, 0.3) is 0 Å². The highest BCUT2D eigenvalue weighted by molar-refractivity contribution is 8.47. The van der Waals surface area contributed by atoms with Gasteiger partial charge in [-0.2, -0.15) is 0 Å². The van der Waals surface area contributed by atoms with Crippen LogP contribution < -0.4 is 0 Å². The van der Waals surface area contributed by atoms with Crippen molar-refractivity contribution in [1.82, 2.24) is 0 Å². The largest absolute Gasteiger partial charge is 0.299 e. The number of Topliss-reactive ketones (excluding diaryl/α,β-unsaturated/α-hetero) is 1. The first kappa shape index (κ1) is 11.5. The fraction of sp³-hybridized carbons (Fsp3) is 0.714. The van der Waals surface area contributed by atoms with Gasteiger partial charge in [0, 0.05) is 0 Å². The van der Waals surface area contributed by atoms with Crippen LogP contribution in [0.5, 0.6) is 0 Å². The van der Waals surface area contributed by atoms with Crippen LogP contribution in [-0.4, -0.2) is 20.3 Å². The topological polar surface area (TPSA) is 17.1 Å². The molecule has 0 saturated carbocycles. The zero-order valence-corrected chi connectivity index (χ0v) is 9.37. The van der Waals surface area contributed by atoms with Gasteiger partial charge in [-0.1, -0.05) is 30.9 Å². The van der Waals surface area contributed by atoms with Crippen molar-refractivity contribution in [3.05, 3.63) is 0 Å². The van der Waals surface area contributed by atoms with Crippen LogP contribution in [0.15, 0.2) is 0 Å². The molecule has 0 aliphatic carbocycles. The second-order valence-electron chi connectivity index (χ2n) is 2.05. The predicted octanol–water partition coefficient (Wildman–Crippen LogP) is 2.74. The van der Waals surface area contributed by atoms with Gasteiger partial charge < -0.3 is 0 Å². The van der Waals surface area contributed by atoms with Crippen molar-refractivity contribution in [1.29, 1.82) is 0 Å². The van der Waals surface area contributed by atoms with Crippen LogP contribution in [-0.2, 0) is 4.79 Å². The van der Waals surface area contributed by atoms with Crippen LogP contribution in [0.4, 0.5) is 0 Å². The van der Waals surface area contributed by atoms with Crippen LogP contribution >= 0.6 is 35.7 Å². The van der Waals surface area contributed by atoms with E-state index in [-0.39, 0.29) is 11.0 Å². The summed E-state index contributed by atoms with van der Waals surface area (Å²) in [6.45, 7) is 5.53. The van der Waals surface area contributed by atoms with Crippen LogP contribution in [0.2, 0.25) is 0 Å². The smallest absolute Gasteiger partial charge is 0.142 e. The lowest BCUT2D eigenvalue weighted by atomic mass is 10.3. The Morgan fingerprint density at radius 3 is 2.55 bits per heavy atom. The third-order valence-corrected chi connectivity index (χ3v) is 3.79. The van der Waals surface area contributed by atoms with Gasteiger partial charge in [0.2, 0.25) is 0 Å². The van der Waals surface area contributed by atoms with Gasteiger partial charge in [0.05, 0.1) is 5.25 Å². The summed E-state index contributed by atoms with van der Waals surface area (Å²) >= 11 is 8.12. The summed E-state index contributed by atoms with van der Waals surface area (Å²) < 4.78 is 0.871. The molecule has 0 aliphatic heterocycles. The Kier molecular flexibility index (Phi) is 6.28. The maximum atomic E-state index is 10.8. The lowest BCUT2D eigenvalue weighted by molar-refractivity contribution is -0.116. The number of hydrogen-bond acceptors (Lipinski definition) is 4. The second-order valence-corrected chi connectivity index (χ2v) is 5.86. The van der Waals surface area contributed by atoms with Gasteiger partial charge >= 0.3 is 0 Å². The Bertz CT molecular complexity index is 156. The first-order chi connectivity index (χ1) is 5.07. The minimum atomic E-state index is 0.0153. The van der Waals surface area contributed by atoms with Gasteiger partial charge in [-0.05, 0) is 19.6 Å². The summed E-state index contributed by atoms with van der Waals surface area (Å²) in [7, 11) is 0. The molecular weight excluding hydrogens is 196 g/mol. The standard InChI is InChI=1S/C7H12OS3/c1-4-10-7(9)11-6(3)5(2)8/h6H,4H2,1-3H3. The van der Waals surface area contributed by atoms with Crippen LogP contribution in [0.3, 0.4) is 0 Å². The number of ketones is 1. The number of carbonyl (C=O) groups excluding carboxylic acids is 1. The molecule has 11 heavy (non-hydrogen) atoms. The molecule has 0 amide bonds. The van der Waals surface area contributed by atoms with E-state index in [2.05, 4.69) is 6.92 Å². The SMILES string of the molecule is CCSC(=S)SC(C)C(C)=O. The van der Waals surface area contributed by atoms with Crippen molar-refractivity contribution in [2.45, 2.75) is 26.0 Å². The highest BCUT2D eigenvalue weighted by Crippen LogP contribution is 2.21. The van der Waals surface area contributed by atoms with E-state index in [9.17, 15) is 4.79 Å². The van der Waals surface area contributed by atoms with Gasteiger partial charge in [-0.15, -0.1) is 11.8 Å². The molecule has 1 atom stereocenters. The van der Waals surface area contributed by atoms with Gasteiger partial charge in [-0.25, -0.2) is 0 Å². The second kappa shape index (κ2) is 6.03. The maximum absolute atomic E-state index is 10.8. The van der Waals surface area contributed by atoms with Crippen LogP contribution in [0, 0.1) is 0 Å². The lowest BCUT2D eigenvalue weighted by Crippen LogP contribution is -2.09. The number of hydrogen-bond donors (Lipinski definition) is 0. The minimum absolute atomic E-state index is 0.0153. The molecule has 0 aromatic rings. The summed E-state index contributed by atoms with van der Waals surface area (Å²) in [6.07, 6.45) is 0. The van der Waals surface area contributed by atoms with Gasteiger partial charge in [0.15, 0.2) is 0 Å². The highest BCUT2D eigenvalue weighted by Gasteiger charge is 2.10. The third kappa shape index (κ3) is 5.70. The Balaban J connectivity index is 3.66. The summed E-state index contributed by atoms with van der Waals surface area (Å²) in [5.74, 6) is 1.17. The van der Waals surface area contributed by atoms with E-state index < -0.39 is 0 Å². The third-order valence-electron chi connectivity index (χ3n) is 1.11. The Morgan fingerprint density at radius 2 is 2.18 bits per heavy atom. The van der Waals surface area contributed by atoms with E-state index >= 15 is 0 Å². The molecule has 1 unspecified atom stereocenters. The molecule has 1 nitrogen and oxygen atoms in total. The average molecular weight is 208 g/mol. The summed E-state index contributed by atoms with van der Waals surface area (Å²) in [5.41, 5.74) is 0. The maximum Gasteiger partial charge on any atom is 0.142 e. The molecule has 0 rings (SSSR count). The fourth-order valence-electron chi connectivity index (χ4n) is 0.379. The number of carbonyl (C=O) groups is 1. The van der Waals surface area contributed by atoms with E-state index in [1.54, 1.807) is 18.7 Å². The normalized spacial score (nSPS) is 12.6. The summed E-state index contributed by atoms with van der Waals surface area (Å²) in [4.78, 5) is 10.8. The summed E-state index contributed by atoms with van der Waals surface area (Å²) in [6, 6.07) is 0. The molecule has 4 heteroatoms. The lowest BCUT2D eigenvalue weighted by Gasteiger charge is -2.05. The Hall–Kier alpha value is 0.460. The summed E-state index contributed by atoms with van der Waals surface area (Å²) in [5, 5.41) is 0.0153. The molecule has 0 bridgehead atoms. The highest BCUT2D eigenvalue weighted by atomic mass is 32.2. The molecular formula is C7H12OS3. The fourth-order valence-corrected chi connectivity index (χ4v) is 2.91. The van der Waals surface area contributed by atoms with E-state index in [0.29, 0.717) is 0 Å².